The maximum atomic E-state index is 13.0. The highest BCUT2D eigenvalue weighted by atomic mass is 31.2. The third kappa shape index (κ3) is 31.9. The molecular formula is C50H100NO11P. The highest BCUT2D eigenvalue weighted by molar-refractivity contribution is 7.47. The van der Waals surface area contributed by atoms with Crippen LogP contribution in [0.3, 0.4) is 0 Å². The van der Waals surface area contributed by atoms with Gasteiger partial charge >= 0.3 is 7.82 Å². The fourth-order valence-corrected chi connectivity index (χ4v) is 9.82. The molecule has 376 valence electrons. The lowest BCUT2D eigenvalue weighted by Gasteiger charge is -2.41. The Morgan fingerprint density at radius 3 is 1.10 bits per heavy atom. The van der Waals surface area contributed by atoms with Gasteiger partial charge in [-0.2, -0.15) is 0 Å². The Bertz CT molecular complexity index is 1070. The molecule has 12 nitrogen and oxygen atoms in total. The Kier molecular flexibility index (Phi) is 38.7. The predicted molar refractivity (Wildman–Crippen MR) is 255 cm³/mol. The molecule has 13 heteroatoms. The average molecular weight is 922 g/mol. The van der Waals surface area contributed by atoms with Crippen LogP contribution in [0.2, 0.25) is 0 Å². The van der Waals surface area contributed by atoms with Crippen molar-refractivity contribution in [3.8, 4) is 0 Å². The zero-order valence-corrected chi connectivity index (χ0v) is 41.3. The number of aliphatic hydroxyl groups is 6. The van der Waals surface area contributed by atoms with E-state index in [1.165, 1.54) is 180 Å². The molecule has 63 heavy (non-hydrogen) atoms. The van der Waals surface area contributed by atoms with E-state index in [4.69, 9.17) is 9.05 Å². The molecule has 0 saturated heterocycles. The lowest BCUT2D eigenvalue weighted by atomic mass is 9.85. The van der Waals surface area contributed by atoms with E-state index < -0.39 is 63.2 Å². The largest absolute Gasteiger partial charge is 0.472 e. The summed E-state index contributed by atoms with van der Waals surface area (Å²) in [5.41, 5.74) is 0. The van der Waals surface area contributed by atoms with E-state index in [1.54, 1.807) is 0 Å². The second-order valence-corrected chi connectivity index (χ2v) is 20.5. The summed E-state index contributed by atoms with van der Waals surface area (Å²) in [6, 6.07) is -1.03. The summed E-state index contributed by atoms with van der Waals surface area (Å²) >= 11 is 0. The van der Waals surface area contributed by atoms with Gasteiger partial charge in [-0.25, -0.2) is 4.57 Å². The minimum atomic E-state index is -5.05. The highest BCUT2D eigenvalue weighted by Crippen LogP contribution is 2.47. The van der Waals surface area contributed by atoms with Crippen molar-refractivity contribution in [2.75, 3.05) is 6.61 Å². The van der Waals surface area contributed by atoms with E-state index in [2.05, 4.69) is 19.2 Å². The first-order valence-electron chi connectivity index (χ1n) is 26.5. The Morgan fingerprint density at radius 1 is 0.476 bits per heavy atom. The molecule has 0 heterocycles. The van der Waals surface area contributed by atoms with Crippen molar-refractivity contribution in [3.63, 3.8) is 0 Å². The number of phosphoric ester groups is 1. The monoisotopic (exact) mass is 922 g/mol. The van der Waals surface area contributed by atoms with Crippen LogP contribution in [0.4, 0.5) is 0 Å². The standard InChI is InChI=1S/C50H100NO11P/c1-3-5-7-9-11-13-15-17-19-20-21-22-23-24-26-28-30-32-34-36-38-40-44(53)51-42(41-61-63(59,60)62-50-48(57)46(55)45(54)47(56)49(50)58)43(52)39-37-35-33-31-29-27-25-18-16-14-12-10-8-6-4-2/h42-43,45-50,52,54-58H,3-41H2,1-2H3,(H,51,53)(H,59,60)/t42-,43+,45?,46+,47?,48?,49?,50?/m0/s1. The van der Waals surface area contributed by atoms with Gasteiger partial charge in [-0.05, 0) is 12.8 Å². The molecule has 1 aliphatic rings. The lowest BCUT2D eigenvalue weighted by molar-refractivity contribution is -0.220. The van der Waals surface area contributed by atoms with Crippen molar-refractivity contribution in [1.82, 2.24) is 5.32 Å². The van der Waals surface area contributed by atoms with Crippen LogP contribution in [0, 0.1) is 0 Å². The predicted octanol–water partition coefficient (Wildman–Crippen LogP) is 11.0. The van der Waals surface area contributed by atoms with E-state index in [1.807, 2.05) is 0 Å². The number of aliphatic hydroxyl groups excluding tert-OH is 6. The van der Waals surface area contributed by atoms with Crippen molar-refractivity contribution in [3.05, 3.63) is 0 Å². The molecule has 1 fully saturated rings. The van der Waals surface area contributed by atoms with Gasteiger partial charge < -0.3 is 40.8 Å². The summed E-state index contributed by atoms with van der Waals surface area (Å²) in [4.78, 5) is 23.5. The molecule has 0 aromatic heterocycles. The number of rotatable bonds is 45. The van der Waals surface area contributed by atoms with Crippen molar-refractivity contribution < 1.29 is 53.9 Å². The molecule has 1 aliphatic carbocycles. The van der Waals surface area contributed by atoms with Gasteiger partial charge in [0.15, 0.2) is 0 Å². The van der Waals surface area contributed by atoms with Gasteiger partial charge in [0.2, 0.25) is 5.91 Å². The fraction of sp³-hybridized carbons (Fsp3) is 0.980. The number of hydrogen-bond donors (Lipinski definition) is 8. The Labute approximate surface area is 385 Å². The van der Waals surface area contributed by atoms with E-state index in [0.717, 1.165) is 38.5 Å². The first kappa shape index (κ1) is 60.4. The second-order valence-electron chi connectivity index (χ2n) is 19.1. The third-order valence-electron chi connectivity index (χ3n) is 13.2. The molecule has 6 unspecified atom stereocenters. The molecule has 0 radical (unpaired) electrons. The smallest absolute Gasteiger partial charge is 0.391 e. The Morgan fingerprint density at radius 2 is 0.762 bits per heavy atom. The maximum absolute atomic E-state index is 13.0. The summed E-state index contributed by atoms with van der Waals surface area (Å²) in [5, 5.41) is 64.3. The minimum Gasteiger partial charge on any atom is -0.391 e. The molecule has 0 aromatic rings. The molecule has 0 aliphatic heterocycles. The SMILES string of the molecule is CCCCCCCCCCCCCCCCCCCCCCCC(=O)N[C@@H](COP(=O)(O)OC1C(O)C(O)C(O)[C@@H](O)C1O)[C@H](O)CCCCCCCCCCCCCCCCC. The van der Waals surface area contributed by atoms with Crippen LogP contribution in [-0.4, -0.2) is 96.8 Å². The van der Waals surface area contributed by atoms with Gasteiger partial charge in [-0.3, -0.25) is 13.8 Å². The Hall–Kier alpha value is -0.660. The summed E-state index contributed by atoms with van der Waals surface area (Å²) < 4.78 is 23.0. The summed E-state index contributed by atoms with van der Waals surface area (Å²) in [6.45, 7) is 3.93. The molecule has 8 N–H and O–H groups in total. The molecule has 0 bridgehead atoms. The van der Waals surface area contributed by atoms with Gasteiger partial charge in [0.1, 0.15) is 36.6 Å². The first-order chi connectivity index (χ1) is 30.4. The van der Waals surface area contributed by atoms with Gasteiger partial charge in [-0.15, -0.1) is 0 Å². The number of amides is 1. The van der Waals surface area contributed by atoms with Crippen LogP contribution in [0.5, 0.6) is 0 Å². The third-order valence-corrected chi connectivity index (χ3v) is 14.2. The van der Waals surface area contributed by atoms with Gasteiger partial charge in [0.25, 0.3) is 0 Å². The number of carbonyl (C=O) groups is 1. The lowest BCUT2D eigenvalue weighted by Crippen LogP contribution is -2.64. The second kappa shape index (κ2) is 40.4. The number of nitrogens with one attached hydrogen (secondary N) is 1. The molecule has 0 spiro atoms. The molecule has 0 aromatic carbocycles. The summed E-state index contributed by atoms with van der Waals surface area (Å²) in [7, 11) is -5.05. The molecule has 1 saturated carbocycles. The highest BCUT2D eigenvalue weighted by Gasteiger charge is 2.51. The van der Waals surface area contributed by atoms with Gasteiger partial charge in [0.05, 0.1) is 18.8 Å². The van der Waals surface area contributed by atoms with Crippen molar-refractivity contribution in [2.45, 2.75) is 307 Å². The van der Waals surface area contributed by atoms with Crippen LogP contribution in [0.1, 0.15) is 258 Å². The number of hydrogen-bond acceptors (Lipinski definition) is 10. The van der Waals surface area contributed by atoms with Gasteiger partial charge in [-0.1, -0.05) is 239 Å². The maximum Gasteiger partial charge on any atom is 0.472 e. The number of carbonyl (C=O) groups excluding carboxylic acids is 1. The number of unbranched alkanes of at least 4 members (excludes halogenated alkanes) is 34. The van der Waals surface area contributed by atoms with Crippen molar-refractivity contribution >= 4 is 13.7 Å². The van der Waals surface area contributed by atoms with Crippen LogP contribution >= 0.6 is 7.82 Å². The average Bonchev–Trinajstić information content (AvgIpc) is 3.27. The number of phosphoric acid groups is 1. The molecular weight excluding hydrogens is 822 g/mol. The molecule has 1 rings (SSSR count). The van der Waals surface area contributed by atoms with E-state index in [9.17, 15) is 44.9 Å². The van der Waals surface area contributed by atoms with Gasteiger partial charge in [0, 0.05) is 6.42 Å². The van der Waals surface area contributed by atoms with E-state index in [-0.39, 0.29) is 12.3 Å². The molecule has 9 atom stereocenters. The normalized spacial score (nSPS) is 22.2. The zero-order chi connectivity index (χ0) is 46.4. The summed E-state index contributed by atoms with van der Waals surface area (Å²) in [6.07, 6.45) is 32.7. The summed E-state index contributed by atoms with van der Waals surface area (Å²) in [5.74, 6) is -0.302. The van der Waals surface area contributed by atoms with Crippen LogP contribution in [0.25, 0.3) is 0 Å². The van der Waals surface area contributed by atoms with E-state index in [0.29, 0.717) is 19.3 Å². The quantitative estimate of drug-likeness (QED) is 0.0213. The van der Waals surface area contributed by atoms with Crippen LogP contribution in [-0.2, 0) is 18.4 Å². The zero-order valence-electron chi connectivity index (χ0n) is 40.4. The topological polar surface area (TPSA) is 206 Å². The molecule has 1 amide bonds. The Balaban J connectivity index is 2.36. The van der Waals surface area contributed by atoms with Crippen LogP contribution in [0.15, 0.2) is 0 Å². The van der Waals surface area contributed by atoms with Crippen molar-refractivity contribution in [2.24, 2.45) is 0 Å². The first-order valence-corrected chi connectivity index (χ1v) is 28.0. The van der Waals surface area contributed by atoms with Crippen molar-refractivity contribution in [1.29, 1.82) is 0 Å². The van der Waals surface area contributed by atoms with E-state index >= 15 is 0 Å². The minimum absolute atomic E-state index is 0.243. The van der Waals surface area contributed by atoms with Crippen LogP contribution < -0.4 is 5.32 Å². The fourth-order valence-electron chi connectivity index (χ4n) is 8.85.